The molecule has 0 spiro atoms. The number of anilines is 2. The van der Waals surface area contributed by atoms with E-state index in [4.69, 9.17) is 4.74 Å². The molecule has 0 unspecified atom stereocenters. The van der Waals surface area contributed by atoms with E-state index in [0.717, 1.165) is 18.6 Å². The number of benzene rings is 1. The second-order valence-electron chi connectivity index (χ2n) is 4.64. The number of carbonyl (C=O) groups is 1. The van der Waals surface area contributed by atoms with Gasteiger partial charge in [0.2, 0.25) is 0 Å². The summed E-state index contributed by atoms with van der Waals surface area (Å²) in [5, 5.41) is 5.45. The summed E-state index contributed by atoms with van der Waals surface area (Å²) in [6, 6.07) is 3.09. The van der Waals surface area contributed by atoms with Gasteiger partial charge in [0, 0.05) is 32.0 Å². The second-order valence-corrected chi connectivity index (χ2v) is 4.64. The van der Waals surface area contributed by atoms with Crippen molar-refractivity contribution in [3.63, 3.8) is 0 Å². The molecular weight excluding hydrogens is 306 g/mol. The Kier molecular flexibility index (Phi) is 5.93. The number of nitrogens with one attached hydrogen (secondary N) is 2. The molecule has 2 aromatic rings. The number of amides is 1. The van der Waals surface area contributed by atoms with Gasteiger partial charge in [-0.15, -0.1) is 0 Å². The summed E-state index contributed by atoms with van der Waals surface area (Å²) < 4.78 is 30.8. The van der Waals surface area contributed by atoms with Gasteiger partial charge < -0.3 is 15.4 Å². The van der Waals surface area contributed by atoms with Gasteiger partial charge in [-0.2, -0.15) is 0 Å². The molecular formula is C15H16F2N4O2. The van der Waals surface area contributed by atoms with Gasteiger partial charge in [0.25, 0.3) is 5.91 Å². The topological polar surface area (TPSA) is 76.1 Å². The smallest absolute Gasteiger partial charge is 0.275 e. The lowest BCUT2D eigenvalue weighted by atomic mass is 10.3. The molecule has 1 aromatic carbocycles. The Morgan fingerprint density at radius 1 is 1.22 bits per heavy atom. The van der Waals surface area contributed by atoms with E-state index in [0.29, 0.717) is 19.0 Å². The number of hydrogen-bond acceptors (Lipinski definition) is 5. The van der Waals surface area contributed by atoms with Gasteiger partial charge in [0.15, 0.2) is 11.6 Å². The Hall–Kier alpha value is -2.61. The van der Waals surface area contributed by atoms with Gasteiger partial charge in [0.1, 0.15) is 11.5 Å². The Balaban J connectivity index is 1.93. The molecule has 1 amide bonds. The van der Waals surface area contributed by atoms with Gasteiger partial charge >= 0.3 is 0 Å². The first-order chi connectivity index (χ1) is 11.1. The van der Waals surface area contributed by atoms with Crippen molar-refractivity contribution in [1.29, 1.82) is 0 Å². The van der Waals surface area contributed by atoms with Gasteiger partial charge in [-0.1, -0.05) is 0 Å². The van der Waals surface area contributed by atoms with Gasteiger partial charge in [-0.05, 0) is 18.6 Å². The van der Waals surface area contributed by atoms with Crippen molar-refractivity contribution >= 4 is 17.4 Å². The van der Waals surface area contributed by atoms with Crippen molar-refractivity contribution < 1.29 is 18.3 Å². The molecule has 0 radical (unpaired) electrons. The third-order valence-electron chi connectivity index (χ3n) is 2.89. The third kappa shape index (κ3) is 4.96. The zero-order valence-corrected chi connectivity index (χ0v) is 12.5. The lowest BCUT2D eigenvalue weighted by Crippen LogP contribution is -2.15. The molecule has 2 N–H and O–H groups in total. The number of rotatable bonds is 7. The van der Waals surface area contributed by atoms with E-state index in [1.807, 2.05) is 0 Å². The summed E-state index contributed by atoms with van der Waals surface area (Å²) >= 11 is 0. The molecule has 2 rings (SSSR count). The highest BCUT2D eigenvalue weighted by Crippen LogP contribution is 2.14. The number of aromatic nitrogens is 2. The van der Waals surface area contributed by atoms with Crippen LogP contribution < -0.4 is 10.6 Å². The molecule has 0 bridgehead atoms. The number of nitrogens with zero attached hydrogens (tertiary/aromatic N) is 2. The van der Waals surface area contributed by atoms with Crippen LogP contribution in [0.5, 0.6) is 0 Å². The minimum atomic E-state index is -1.04. The standard InChI is InChI=1S/C15H16F2N4O2/c1-23-6-2-5-18-14-9-19-13(8-20-14)15(22)21-10-3-4-11(16)12(17)7-10/h3-4,7-9H,2,5-6H2,1H3,(H,18,20)(H,21,22). The molecule has 0 saturated heterocycles. The van der Waals surface area contributed by atoms with Crippen LogP contribution in [0.3, 0.4) is 0 Å². The lowest BCUT2D eigenvalue weighted by Gasteiger charge is -2.07. The van der Waals surface area contributed by atoms with Crippen LogP contribution in [0.4, 0.5) is 20.3 Å². The van der Waals surface area contributed by atoms with Crippen LogP contribution in [0.25, 0.3) is 0 Å². The predicted octanol–water partition coefficient (Wildman–Crippen LogP) is 2.46. The highest BCUT2D eigenvalue weighted by Gasteiger charge is 2.10. The monoisotopic (exact) mass is 322 g/mol. The van der Waals surface area contributed by atoms with Crippen molar-refractivity contribution in [3.05, 3.63) is 47.9 Å². The molecule has 0 fully saturated rings. The zero-order chi connectivity index (χ0) is 16.7. The Morgan fingerprint density at radius 3 is 2.70 bits per heavy atom. The van der Waals surface area contributed by atoms with Crippen LogP contribution in [0, 0.1) is 11.6 Å². The molecule has 1 heterocycles. The summed E-state index contributed by atoms with van der Waals surface area (Å²) in [5.41, 5.74) is 0.203. The van der Waals surface area contributed by atoms with E-state index in [9.17, 15) is 13.6 Å². The molecule has 8 heteroatoms. The third-order valence-corrected chi connectivity index (χ3v) is 2.89. The summed E-state index contributed by atoms with van der Waals surface area (Å²) in [4.78, 5) is 20.0. The predicted molar refractivity (Wildman–Crippen MR) is 81.3 cm³/mol. The fraction of sp³-hybridized carbons (Fsp3) is 0.267. The number of methoxy groups -OCH3 is 1. The highest BCUT2D eigenvalue weighted by molar-refractivity contribution is 6.02. The van der Waals surface area contributed by atoms with E-state index in [-0.39, 0.29) is 11.4 Å². The van der Waals surface area contributed by atoms with Crippen molar-refractivity contribution in [3.8, 4) is 0 Å². The maximum absolute atomic E-state index is 13.1. The van der Waals surface area contributed by atoms with Gasteiger partial charge in [-0.25, -0.2) is 18.7 Å². The molecule has 23 heavy (non-hydrogen) atoms. The number of hydrogen-bond donors (Lipinski definition) is 2. The first-order valence-corrected chi connectivity index (χ1v) is 6.91. The lowest BCUT2D eigenvalue weighted by molar-refractivity contribution is 0.102. The van der Waals surface area contributed by atoms with Crippen molar-refractivity contribution in [2.75, 3.05) is 30.9 Å². The SMILES string of the molecule is COCCCNc1cnc(C(=O)Nc2ccc(F)c(F)c2)cn1. The number of halogens is 2. The van der Waals surface area contributed by atoms with Crippen LogP contribution >= 0.6 is 0 Å². The summed E-state index contributed by atoms with van der Waals surface area (Å²) in [6.07, 6.45) is 3.54. The zero-order valence-electron chi connectivity index (χ0n) is 12.5. The van der Waals surface area contributed by atoms with Gasteiger partial charge in [-0.3, -0.25) is 4.79 Å². The van der Waals surface area contributed by atoms with Crippen molar-refractivity contribution in [1.82, 2.24) is 9.97 Å². The quantitative estimate of drug-likeness (QED) is 0.766. The van der Waals surface area contributed by atoms with E-state index in [1.54, 1.807) is 7.11 Å². The van der Waals surface area contributed by atoms with E-state index in [2.05, 4.69) is 20.6 Å². The fourth-order valence-electron chi connectivity index (χ4n) is 1.74. The molecule has 122 valence electrons. The van der Waals surface area contributed by atoms with Crippen LogP contribution in [0.1, 0.15) is 16.9 Å². The summed E-state index contributed by atoms with van der Waals surface area (Å²) in [7, 11) is 1.63. The maximum Gasteiger partial charge on any atom is 0.275 e. The molecule has 6 nitrogen and oxygen atoms in total. The van der Waals surface area contributed by atoms with Crippen LogP contribution in [-0.2, 0) is 4.74 Å². The number of carbonyl (C=O) groups excluding carboxylic acids is 1. The van der Waals surface area contributed by atoms with Crippen LogP contribution in [0.2, 0.25) is 0 Å². The minimum absolute atomic E-state index is 0.0668. The Labute approximate surface area is 131 Å². The van der Waals surface area contributed by atoms with E-state index >= 15 is 0 Å². The van der Waals surface area contributed by atoms with E-state index < -0.39 is 17.5 Å². The molecule has 1 aromatic heterocycles. The van der Waals surface area contributed by atoms with Crippen LogP contribution in [-0.4, -0.2) is 36.1 Å². The molecule has 0 aliphatic rings. The second kappa shape index (κ2) is 8.14. The summed E-state index contributed by atoms with van der Waals surface area (Å²) in [6.45, 7) is 1.30. The average molecular weight is 322 g/mol. The fourth-order valence-corrected chi connectivity index (χ4v) is 1.74. The molecule has 0 atom stereocenters. The van der Waals surface area contributed by atoms with Crippen LogP contribution in [0.15, 0.2) is 30.6 Å². The normalized spacial score (nSPS) is 10.4. The Morgan fingerprint density at radius 2 is 2.04 bits per heavy atom. The summed E-state index contributed by atoms with van der Waals surface area (Å²) in [5.74, 6) is -2.05. The van der Waals surface area contributed by atoms with Gasteiger partial charge in [0.05, 0.1) is 12.4 Å². The average Bonchev–Trinajstić information content (AvgIpc) is 2.55. The molecule has 0 aliphatic carbocycles. The van der Waals surface area contributed by atoms with Crippen molar-refractivity contribution in [2.24, 2.45) is 0 Å². The molecule has 0 aliphatic heterocycles. The highest BCUT2D eigenvalue weighted by atomic mass is 19.2. The Bertz CT molecular complexity index is 665. The molecule has 0 saturated carbocycles. The largest absolute Gasteiger partial charge is 0.385 e. The van der Waals surface area contributed by atoms with Crippen molar-refractivity contribution in [2.45, 2.75) is 6.42 Å². The minimum Gasteiger partial charge on any atom is -0.385 e. The van der Waals surface area contributed by atoms with E-state index in [1.165, 1.54) is 18.5 Å². The first kappa shape index (κ1) is 16.8. The maximum atomic E-state index is 13.1. The first-order valence-electron chi connectivity index (χ1n) is 6.91. The number of ether oxygens (including phenoxy) is 1.